The number of likely N-dealkylation sites (tertiary alicyclic amines) is 1. The predicted octanol–water partition coefficient (Wildman–Crippen LogP) is 4.14. The molecule has 3 aliphatic rings. The van der Waals surface area contributed by atoms with Gasteiger partial charge in [-0.1, -0.05) is 36.6 Å². The van der Waals surface area contributed by atoms with Crippen LogP contribution in [-0.2, 0) is 9.53 Å². The zero-order valence-corrected chi connectivity index (χ0v) is 24.4. The van der Waals surface area contributed by atoms with E-state index in [1.54, 1.807) is 18.9 Å². The van der Waals surface area contributed by atoms with Gasteiger partial charge in [0.05, 0.1) is 13.2 Å². The lowest BCUT2D eigenvalue weighted by Crippen LogP contribution is -2.38. The minimum Gasteiger partial charge on any atom is -0.381 e. The molecule has 0 atom stereocenters. The summed E-state index contributed by atoms with van der Waals surface area (Å²) in [7, 11) is 6.03. The molecular weight excluding hydrogens is 502 g/mol. The molecule has 0 unspecified atom stereocenters. The number of aromatic nitrogens is 1. The van der Waals surface area contributed by atoms with Gasteiger partial charge in [-0.2, -0.15) is 0 Å². The smallest absolute Gasteiger partial charge is 0.322 e. The zero-order valence-electron chi connectivity index (χ0n) is 24.4. The van der Waals surface area contributed by atoms with Gasteiger partial charge in [0.15, 0.2) is 0 Å². The molecule has 1 aromatic heterocycles. The molecule has 0 spiro atoms. The Morgan fingerprint density at radius 3 is 2.55 bits per heavy atom. The van der Waals surface area contributed by atoms with Gasteiger partial charge in [-0.05, 0) is 75.5 Å². The van der Waals surface area contributed by atoms with Gasteiger partial charge in [-0.3, -0.25) is 15.1 Å². The van der Waals surface area contributed by atoms with Gasteiger partial charge < -0.3 is 19.9 Å². The van der Waals surface area contributed by atoms with Crippen LogP contribution in [0.1, 0.15) is 56.2 Å². The molecule has 1 saturated heterocycles. The summed E-state index contributed by atoms with van der Waals surface area (Å²) < 4.78 is 5.04. The second-order valence-electron chi connectivity index (χ2n) is 10.4. The number of hydrogen-bond donors (Lipinski definition) is 2. The highest BCUT2D eigenvalue weighted by atomic mass is 16.5. The third-order valence-corrected chi connectivity index (χ3v) is 7.25. The SMILES string of the molecule is C=CC1=C(/C=C\COC)CN(C)C1=C1CCC1.CC(=O)NC(=O)NCC#Cc1ccc(C2CCN(C)CC2)nc1. The lowest BCUT2D eigenvalue weighted by molar-refractivity contribution is -0.117. The maximum Gasteiger partial charge on any atom is 0.322 e. The van der Waals surface area contributed by atoms with Crippen LogP contribution >= 0.6 is 0 Å². The third-order valence-electron chi connectivity index (χ3n) is 7.25. The van der Waals surface area contributed by atoms with Gasteiger partial charge in [0.25, 0.3) is 0 Å². The van der Waals surface area contributed by atoms with Gasteiger partial charge in [-0.25, -0.2) is 4.79 Å². The number of nitrogens with zero attached hydrogens (tertiary/aromatic N) is 3. The van der Waals surface area contributed by atoms with Crippen molar-refractivity contribution in [2.75, 3.05) is 54.0 Å². The maximum absolute atomic E-state index is 11.2. The first kappa shape index (κ1) is 30.9. The van der Waals surface area contributed by atoms with E-state index in [0.717, 1.165) is 43.7 Å². The standard InChI is InChI=1S/C17H22N4O2.C15H21NO/c1-13(22)20-17(23)18-9-3-4-14-5-6-16(19-12-14)15-7-10-21(2)11-8-15;1-4-14-13(9-6-10-17-3)11-16(2)15(14)12-7-5-8-12/h5-6,12,15H,7-11H2,1-2H3,(H2,18,20,22,23);4,6,9H,1,5,7-8,10-11H2,2-3H3/b;9-6-. The van der Waals surface area contributed by atoms with E-state index in [1.165, 1.54) is 43.0 Å². The number of imide groups is 1. The zero-order chi connectivity index (χ0) is 28.9. The maximum atomic E-state index is 11.2. The van der Waals surface area contributed by atoms with E-state index in [0.29, 0.717) is 12.5 Å². The lowest BCUT2D eigenvalue weighted by Gasteiger charge is -2.28. The molecule has 0 aromatic carbocycles. The van der Waals surface area contributed by atoms with Crippen molar-refractivity contribution in [1.82, 2.24) is 25.4 Å². The van der Waals surface area contributed by atoms with Gasteiger partial charge in [-0.15, -0.1) is 0 Å². The summed E-state index contributed by atoms with van der Waals surface area (Å²) in [5, 5.41) is 4.60. The number of hydrogen-bond acceptors (Lipinski definition) is 6. The number of piperidine rings is 1. The molecule has 2 fully saturated rings. The number of rotatable bonds is 6. The van der Waals surface area contributed by atoms with Crippen LogP contribution in [0.15, 0.2) is 65.6 Å². The first-order valence-electron chi connectivity index (χ1n) is 14.0. The number of methoxy groups -OCH3 is 1. The number of ether oxygens (including phenoxy) is 1. The number of amides is 3. The van der Waals surface area contributed by atoms with E-state index in [9.17, 15) is 9.59 Å². The second kappa shape index (κ2) is 15.8. The van der Waals surface area contributed by atoms with Gasteiger partial charge in [0.2, 0.25) is 5.91 Å². The molecule has 3 amide bonds. The molecule has 3 heterocycles. The lowest BCUT2D eigenvalue weighted by atomic mass is 9.88. The highest BCUT2D eigenvalue weighted by Gasteiger charge is 2.26. The number of carbonyl (C=O) groups is 2. The normalized spacial score (nSPS) is 17.6. The Morgan fingerprint density at radius 2 is 1.98 bits per heavy atom. The Morgan fingerprint density at radius 1 is 1.23 bits per heavy atom. The third kappa shape index (κ3) is 9.22. The van der Waals surface area contributed by atoms with Gasteiger partial charge >= 0.3 is 6.03 Å². The van der Waals surface area contributed by atoms with Crippen molar-refractivity contribution in [1.29, 1.82) is 0 Å². The van der Waals surface area contributed by atoms with Crippen LogP contribution in [0.3, 0.4) is 0 Å². The summed E-state index contributed by atoms with van der Waals surface area (Å²) in [6, 6.07) is 3.46. The van der Waals surface area contributed by atoms with E-state index in [4.69, 9.17) is 4.74 Å². The van der Waals surface area contributed by atoms with E-state index in [-0.39, 0.29) is 6.54 Å². The number of likely N-dealkylation sites (N-methyl/N-ethyl adjacent to an activating group) is 1. The average molecular weight is 546 g/mol. The fourth-order valence-corrected chi connectivity index (χ4v) is 4.98. The summed E-state index contributed by atoms with van der Waals surface area (Å²) in [6.45, 7) is 9.30. The highest BCUT2D eigenvalue weighted by molar-refractivity contribution is 5.93. The molecule has 214 valence electrons. The molecule has 40 heavy (non-hydrogen) atoms. The van der Waals surface area contributed by atoms with Gasteiger partial charge in [0, 0.05) is 62.3 Å². The first-order chi connectivity index (χ1) is 19.3. The van der Waals surface area contributed by atoms with Crippen molar-refractivity contribution in [3.05, 3.63) is 76.8 Å². The van der Waals surface area contributed by atoms with Crippen molar-refractivity contribution in [3.63, 3.8) is 0 Å². The van der Waals surface area contributed by atoms with E-state index in [2.05, 4.69) is 70.1 Å². The number of nitrogens with one attached hydrogen (secondary N) is 2. The Balaban J connectivity index is 0.000000230. The molecule has 4 rings (SSSR count). The fourth-order valence-electron chi connectivity index (χ4n) is 4.98. The molecule has 8 nitrogen and oxygen atoms in total. The number of pyridine rings is 1. The molecule has 0 radical (unpaired) electrons. The second-order valence-corrected chi connectivity index (χ2v) is 10.4. The summed E-state index contributed by atoms with van der Waals surface area (Å²) in [5.74, 6) is 5.91. The Hall–Kier alpha value is -3.67. The summed E-state index contributed by atoms with van der Waals surface area (Å²) in [4.78, 5) is 31.1. The molecule has 2 N–H and O–H groups in total. The van der Waals surface area contributed by atoms with Crippen LogP contribution in [-0.4, -0.2) is 80.7 Å². The van der Waals surface area contributed by atoms with Crippen LogP contribution in [0.5, 0.6) is 0 Å². The number of allylic oxidation sites excluding steroid dienone is 2. The fraction of sp³-hybridized carbons (Fsp3) is 0.469. The molecule has 0 bridgehead atoms. The van der Waals surface area contributed by atoms with Crippen LogP contribution in [0.4, 0.5) is 4.79 Å². The van der Waals surface area contributed by atoms with E-state index >= 15 is 0 Å². The minimum atomic E-state index is -0.539. The molecule has 1 aliphatic carbocycles. The number of carbonyl (C=O) groups excluding carboxylic acids is 2. The predicted molar refractivity (Wildman–Crippen MR) is 160 cm³/mol. The Kier molecular flexibility index (Phi) is 12.2. The van der Waals surface area contributed by atoms with Crippen molar-refractivity contribution in [2.45, 2.75) is 44.9 Å². The molecule has 1 saturated carbocycles. The van der Waals surface area contributed by atoms with Crippen molar-refractivity contribution >= 4 is 11.9 Å². The van der Waals surface area contributed by atoms with Crippen molar-refractivity contribution < 1.29 is 14.3 Å². The summed E-state index contributed by atoms with van der Waals surface area (Å²) in [6.07, 6.45) is 14.1. The number of urea groups is 1. The Bertz CT molecular complexity index is 1190. The molecular formula is C32H43N5O3. The van der Waals surface area contributed by atoms with E-state index in [1.807, 2.05) is 18.2 Å². The minimum absolute atomic E-state index is 0.176. The monoisotopic (exact) mass is 545 g/mol. The van der Waals surface area contributed by atoms with Crippen LogP contribution in [0, 0.1) is 11.8 Å². The van der Waals surface area contributed by atoms with Crippen LogP contribution < -0.4 is 10.6 Å². The van der Waals surface area contributed by atoms with Crippen LogP contribution in [0.2, 0.25) is 0 Å². The van der Waals surface area contributed by atoms with Crippen molar-refractivity contribution in [2.24, 2.45) is 0 Å². The largest absolute Gasteiger partial charge is 0.381 e. The topological polar surface area (TPSA) is 86.8 Å². The quantitative estimate of drug-likeness (QED) is 0.523. The van der Waals surface area contributed by atoms with Gasteiger partial charge in [0.1, 0.15) is 0 Å². The Labute approximate surface area is 239 Å². The average Bonchev–Trinajstić information content (AvgIpc) is 3.21. The summed E-state index contributed by atoms with van der Waals surface area (Å²) in [5.41, 5.74) is 7.63. The highest BCUT2D eigenvalue weighted by Crippen LogP contribution is 2.38. The first-order valence-corrected chi connectivity index (χ1v) is 14.0. The van der Waals surface area contributed by atoms with Crippen LogP contribution in [0.25, 0.3) is 0 Å². The molecule has 1 aromatic rings. The molecule has 8 heteroatoms. The molecule has 2 aliphatic heterocycles. The van der Waals surface area contributed by atoms with E-state index < -0.39 is 11.9 Å². The van der Waals surface area contributed by atoms with Crippen molar-refractivity contribution in [3.8, 4) is 11.8 Å². The summed E-state index contributed by atoms with van der Waals surface area (Å²) >= 11 is 0.